The van der Waals surface area contributed by atoms with Crippen molar-refractivity contribution in [2.24, 2.45) is 0 Å². The molecule has 3 aromatic rings. The third kappa shape index (κ3) is 6.18. The monoisotopic (exact) mass is 454 g/mol. The molecule has 0 aromatic heterocycles. The molecule has 1 amide bonds. The van der Waals surface area contributed by atoms with Crippen LogP contribution in [0.25, 0.3) is 0 Å². The van der Waals surface area contributed by atoms with Gasteiger partial charge in [-0.2, -0.15) is 0 Å². The Morgan fingerprint density at radius 2 is 1.71 bits per heavy atom. The summed E-state index contributed by atoms with van der Waals surface area (Å²) in [5.74, 6) is 0.519. The number of thiocarbonyl (C=S) groups is 1. The molecule has 0 heterocycles. The van der Waals surface area contributed by atoms with E-state index in [4.69, 9.17) is 17.0 Å². The summed E-state index contributed by atoms with van der Waals surface area (Å²) in [6.45, 7) is 0.609. The number of hydrogen-bond donors (Lipinski definition) is 2. The van der Waals surface area contributed by atoms with Crippen molar-refractivity contribution in [2.45, 2.75) is 6.42 Å². The Bertz CT molecular complexity index is 946. The highest BCUT2D eigenvalue weighted by Crippen LogP contribution is 2.16. The van der Waals surface area contributed by atoms with Gasteiger partial charge in [0.05, 0.1) is 6.61 Å². The maximum atomic E-state index is 12.2. The number of carbonyl (C=O) groups is 1. The molecule has 28 heavy (non-hydrogen) atoms. The van der Waals surface area contributed by atoms with E-state index in [0.717, 1.165) is 22.3 Å². The second-order valence-electron chi connectivity index (χ2n) is 6.03. The number of anilines is 1. The number of nitrogens with one attached hydrogen (secondary N) is 2. The Balaban J connectivity index is 1.47. The predicted molar refractivity (Wildman–Crippen MR) is 120 cm³/mol. The lowest BCUT2D eigenvalue weighted by Crippen LogP contribution is -2.34. The lowest BCUT2D eigenvalue weighted by atomic mass is 10.2. The first-order valence-electron chi connectivity index (χ1n) is 8.75. The molecule has 0 atom stereocenters. The zero-order valence-corrected chi connectivity index (χ0v) is 17.4. The molecule has 3 rings (SSSR count). The van der Waals surface area contributed by atoms with Crippen LogP contribution in [0.3, 0.4) is 0 Å². The first kappa shape index (κ1) is 20.0. The standard InChI is InChI=1S/C22H19BrN2O2S/c23-18-8-4-7-17(15-18)21(26)25-22(28)24-19-9-11-20(12-10-19)27-14-13-16-5-2-1-3-6-16/h1-12,15H,13-14H2,(H2,24,25,26,28). The summed E-state index contributed by atoms with van der Waals surface area (Å²) < 4.78 is 6.60. The fraction of sp³-hybridized carbons (Fsp3) is 0.0909. The molecule has 0 radical (unpaired) electrons. The molecule has 0 fully saturated rings. The number of amides is 1. The largest absolute Gasteiger partial charge is 0.493 e. The van der Waals surface area contributed by atoms with Gasteiger partial charge in [0.25, 0.3) is 5.91 Å². The Kier molecular flexibility index (Phi) is 7.17. The molecular weight excluding hydrogens is 436 g/mol. The third-order valence-corrected chi connectivity index (χ3v) is 4.63. The van der Waals surface area contributed by atoms with Crippen molar-refractivity contribution >= 4 is 44.9 Å². The van der Waals surface area contributed by atoms with Crippen LogP contribution < -0.4 is 15.4 Å². The van der Waals surface area contributed by atoms with Crippen LogP contribution in [-0.2, 0) is 6.42 Å². The van der Waals surface area contributed by atoms with E-state index in [1.807, 2.05) is 48.5 Å². The minimum Gasteiger partial charge on any atom is -0.493 e. The van der Waals surface area contributed by atoms with Gasteiger partial charge < -0.3 is 10.1 Å². The lowest BCUT2D eigenvalue weighted by Gasteiger charge is -2.11. The minimum absolute atomic E-state index is 0.239. The molecule has 0 aliphatic heterocycles. The van der Waals surface area contributed by atoms with Gasteiger partial charge in [0, 0.05) is 22.1 Å². The number of halogens is 1. The van der Waals surface area contributed by atoms with Crippen LogP contribution in [-0.4, -0.2) is 17.6 Å². The molecule has 3 aromatic carbocycles. The molecule has 0 bridgehead atoms. The van der Waals surface area contributed by atoms with E-state index in [1.165, 1.54) is 5.56 Å². The molecule has 142 valence electrons. The van der Waals surface area contributed by atoms with E-state index in [0.29, 0.717) is 12.2 Å². The molecular formula is C22H19BrN2O2S. The predicted octanol–water partition coefficient (Wildman–Crippen LogP) is 5.20. The van der Waals surface area contributed by atoms with Crippen molar-refractivity contribution in [3.05, 3.63) is 94.5 Å². The molecule has 0 unspecified atom stereocenters. The minimum atomic E-state index is -0.264. The van der Waals surface area contributed by atoms with Crippen molar-refractivity contribution < 1.29 is 9.53 Å². The zero-order chi connectivity index (χ0) is 19.8. The molecule has 0 saturated carbocycles. The summed E-state index contributed by atoms with van der Waals surface area (Å²) in [5, 5.41) is 5.91. The van der Waals surface area contributed by atoms with Crippen LogP contribution in [0.2, 0.25) is 0 Å². The quantitative estimate of drug-likeness (QED) is 0.502. The van der Waals surface area contributed by atoms with Gasteiger partial charge in [-0.05, 0) is 60.2 Å². The van der Waals surface area contributed by atoms with Crippen LogP contribution in [0, 0.1) is 0 Å². The summed E-state index contributed by atoms with van der Waals surface area (Å²) in [6.07, 6.45) is 0.854. The maximum absolute atomic E-state index is 12.2. The highest BCUT2D eigenvalue weighted by Gasteiger charge is 2.08. The van der Waals surface area contributed by atoms with Crippen molar-refractivity contribution in [2.75, 3.05) is 11.9 Å². The Morgan fingerprint density at radius 1 is 0.964 bits per heavy atom. The van der Waals surface area contributed by atoms with Gasteiger partial charge in [0.2, 0.25) is 0 Å². The van der Waals surface area contributed by atoms with E-state index < -0.39 is 0 Å². The summed E-state index contributed by atoms with van der Waals surface area (Å²) in [4.78, 5) is 12.2. The van der Waals surface area contributed by atoms with Crippen LogP contribution >= 0.6 is 28.1 Å². The first-order chi connectivity index (χ1) is 13.6. The fourth-order valence-corrected chi connectivity index (χ4v) is 3.14. The second kappa shape index (κ2) is 10.0. The smallest absolute Gasteiger partial charge is 0.257 e. The number of benzene rings is 3. The van der Waals surface area contributed by atoms with Gasteiger partial charge in [0.1, 0.15) is 5.75 Å². The van der Waals surface area contributed by atoms with Crippen molar-refractivity contribution in [3.63, 3.8) is 0 Å². The molecule has 0 aliphatic rings. The third-order valence-electron chi connectivity index (χ3n) is 3.93. The van der Waals surface area contributed by atoms with Gasteiger partial charge in [-0.15, -0.1) is 0 Å². The number of ether oxygens (including phenoxy) is 1. The van der Waals surface area contributed by atoms with Crippen molar-refractivity contribution in [1.82, 2.24) is 5.32 Å². The van der Waals surface area contributed by atoms with Gasteiger partial charge >= 0.3 is 0 Å². The second-order valence-corrected chi connectivity index (χ2v) is 7.35. The summed E-state index contributed by atoms with van der Waals surface area (Å²) in [5.41, 5.74) is 2.54. The highest BCUT2D eigenvalue weighted by atomic mass is 79.9. The van der Waals surface area contributed by atoms with Gasteiger partial charge in [-0.25, -0.2) is 0 Å². The molecule has 6 heteroatoms. The van der Waals surface area contributed by atoms with Crippen LogP contribution in [0.15, 0.2) is 83.3 Å². The van der Waals surface area contributed by atoms with Crippen LogP contribution in [0.1, 0.15) is 15.9 Å². The topological polar surface area (TPSA) is 50.4 Å². The number of hydrogen-bond acceptors (Lipinski definition) is 3. The molecule has 0 saturated heterocycles. The van der Waals surface area contributed by atoms with E-state index in [2.05, 4.69) is 38.7 Å². The Hall–Kier alpha value is -2.70. The SMILES string of the molecule is O=C(NC(=S)Nc1ccc(OCCc2ccccc2)cc1)c1cccc(Br)c1. The summed E-state index contributed by atoms with van der Waals surface area (Å²) in [6, 6.07) is 24.8. The van der Waals surface area contributed by atoms with E-state index in [9.17, 15) is 4.79 Å². The zero-order valence-electron chi connectivity index (χ0n) is 15.0. The van der Waals surface area contributed by atoms with Gasteiger partial charge in [-0.1, -0.05) is 52.3 Å². The van der Waals surface area contributed by atoms with E-state index >= 15 is 0 Å². The first-order valence-corrected chi connectivity index (χ1v) is 9.95. The Labute approximate surface area is 178 Å². The molecule has 4 nitrogen and oxygen atoms in total. The Morgan fingerprint density at radius 3 is 2.43 bits per heavy atom. The highest BCUT2D eigenvalue weighted by molar-refractivity contribution is 9.10. The van der Waals surface area contributed by atoms with Crippen LogP contribution in [0.4, 0.5) is 5.69 Å². The number of carbonyl (C=O) groups excluding carboxylic acids is 1. The fourth-order valence-electron chi connectivity index (χ4n) is 2.53. The molecule has 0 aliphatic carbocycles. The summed E-state index contributed by atoms with van der Waals surface area (Å²) in [7, 11) is 0. The average molecular weight is 455 g/mol. The van der Waals surface area contributed by atoms with Crippen molar-refractivity contribution in [1.29, 1.82) is 0 Å². The van der Waals surface area contributed by atoms with Crippen molar-refractivity contribution in [3.8, 4) is 5.75 Å². The average Bonchev–Trinajstić information content (AvgIpc) is 2.70. The van der Waals surface area contributed by atoms with E-state index in [-0.39, 0.29) is 11.0 Å². The molecule has 2 N–H and O–H groups in total. The number of rotatable bonds is 6. The van der Waals surface area contributed by atoms with Crippen LogP contribution in [0.5, 0.6) is 5.75 Å². The van der Waals surface area contributed by atoms with Gasteiger partial charge in [-0.3, -0.25) is 10.1 Å². The molecule has 0 spiro atoms. The van der Waals surface area contributed by atoms with Gasteiger partial charge in [0.15, 0.2) is 5.11 Å². The summed E-state index contributed by atoms with van der Waals surface area (Å²) >= 11 is 8.56. The lowest BCUT2D eigenvalue weighted by molar-refractivity contribution is 0.0977. The maximum Gasteiger partial charge on any atom is 0.257 e. The normalized spacial score (nSPS) is 10.2. The van der Waals surface area contributed by atoms with E-state index in [1.54, 1.807) is 18.2 Å².